The van der Waals surface area contributed by atoms with Crippen molar-refractivity contribution in [2.75, 3.05) is 19.6 Å². The minimum Gasteiger partial charge on any atom is -0.480 e. The summed E-state index contributed by atoms with van der Waals surface area (Å²) in [5.74, 6) is -1.71. The van der Waals surface area contributed by atoms with Gasteiger partial charge >= 0.3 is 5.97 Å². The molecule has 2 heterocycles. The summed E-state index contributed by atoms with van der Waals surface area (Å²) in [5, 5.41) is 9.70. The number of aliphatic carboxylic acids is 1. The number of piperidine rings is 1. The number of hydrogen-bond acceptors (Lipinski definition) is 3. The largest absolute Gasteiger partial charge is 0.480 e. The molecular formula is C21H25FN2O4. The number of carbonyl (C=O) groups is 3. The van der Waals surface area contributed by atoms with Crippen LogP contribution in [-0.4, -0.2) is 58.4 Å². The number of amides is 2. The molecule has 3 fully saturated rings. The van der Waals surface area contributed by atoms with Crippen molar-refractivity contribution in [2.45, 2.75) is 38.1 Å². The second-order valence-electron chi connectivity index (χ2n) is 8.23. The lowest BCUT2D eigenvalue weighted by Crippen LogP contribution is -2.50. The first kappa shape index (κ1) is 18.9. The summed E-state index contributed by atoms with van der Waals surface area (Å²) in [6.07, 6.45) is 4.24. The molecule has 1 aromatic carbocycles. The van der Waals surface area contributed by atoms with Gasteiger partial charge in [0.15, 0.2) is 0 Å². The Bertz CT molecular complexity index is 781. The number of rotatable bonds is 3. The molecule has 1 aliphatic carbocycles. The van der Waals surface area contributed by atoms with E-state index in [-0.39, 0.29) is 36.1 Å². The Morgan fingerprint density at radius 3 is 2.46 bits per heavy atom. The fourth-order valence-electron chi connectivity index (χ4n) is 5.22. The van der Waals surface area contributed by atoms with Gasteiger partial charge in [-0.25, -0.2) is 9.18 Å². The summed E-state index contributed by atoms with van der Waals surface area (Å²) >= 11 is 0. The Balaban J connectivity index is 1.46. The van der Waals surface area contributed by atoms with Crippen molar-refractivity contribution in [3.05, 3.63) is 35.6 Å². The van der Waals surface area contributed by atoms with Crippen LogP contribution in [0.25, 0.3) is 0 Å². The number of fused-ring (bicyclic) bond motifs is 1. The molecule has 2 amide bonds. The van der Waals surface area contributed by atoms with Gasteiger partial charge in [0.25, 0.3) is 5.91 Å². The highest BCUT2D eigenvalue weighted by atomic mass is 19.1. The van der Waals surface area contributed by atoms with Crippen LogP contribution < -0.4 is 0 Å². The summed E-state index contributed by atoms with van der Waals surface area (Å²) < 4.78 is 13.1. The van der Waals surface area contributed by atoms with E-state index in [1.165, 1.54) is 24.3 Å². The number of likely N-dealkylation sites (tertiary alicyclic amines) is 2. The van der Waals surface area contributed by atoms with Gasteiger partial charge in [0.1, 0.15) is 11.9 Å². The zero-order valence-corrected chi connectivity index (χ0v) is 15.7. The van der Waals surface area contributed by atoms with Gasteiger partial charge < -0.3 is 14.9 Å². The maximum atomic E-state index is 13.2. The van der Waals surface area contributed by atoms with Crippen LogP contribution in [0.1, 0.15) is 42.5 Å². The first-order chi connectivity index (χ1) is 13.5. The Hall–Kier alpha value is -2.44. The van der Waals surface area contributed by atoms with Crippen LogP contribution in [0.15, 0.2) is 24.3 Å². The van der Waals surface area contributed by atoms with Crippen LogP contribution in [0, 0.1) is 23.6 Å². The molecule has 150 valence electrons. The quantitative estimate of drug-likeness (QED) is 0.863. The highest BCUT2D eigenvalue weighted by Crippen LogP contribution is 2.43. The SMILES string of the molecule is O=C(O)C1C2CCCC2CN1C(=O)C1CCCN(C(=O)c2ccc(F)cc2)C1. The average Bonchev–Trinajstić information content (AvgIpc) is 3.28. The lowest BCUT2D eigenvalue weighted by molar-refractivity contribution is -0.152. The molecule has 3 aliphatic rings. The van der Waals surface area contributed by atoms with Crippen LogP contribution in [0.3, 0.4) is 0 Å². The molecule has 0 radical (unpaired) electrons. The number of benzene rings is 1. The minimum atomic E-state index is -0.919. The third-order valence-electron chi connectivity index (χ3n) is 6.58. The molecule has 4 rings (SSSR count). The van der Waals surface area contributed by atoms with Crippen molar-refractivity contribution in [3.63, 3.8) is 0 Å². The van der Waals surface area contributed by atoms with Crippen LogP contribution in [-0.2, 0) is 9.59 Å². The number of nitrogens with zero attached hydrogens (tertiary/aromatic N) is 2. The summed E-state index contributed by atoms with van der Waals surface area (Å²) in [5.41, 5.74) is 0.397. The van der Waals surface area contributed by atoms with E-state index in [1.54, 1.807) is 9.80 Å². The van der Waals surface area contributed by atoms with Crippen molar-refractivity contribution < 1.29 is 23.9 Å². The Labute approximate surface area is 163 Å². The van der Waals surface area contributed by atoms with Gasteiger partial charge in [0.05, 0.1) is 5.92 Å². The zero-order chi connectivity index (χ0) is 19.8. The summed E-state index contributed by atoms with van der Waals surface area (Å²) in [7, 11) is 0. The van der Waals surface area contributed by atoms with Crippen LogP contribution >= 0.6 is 0 Å². The Kier molecular flexibility index (Phi) is 5.08. The number of hydrogen-bond donors (Lipinski definition) is 1. The lowest BCUT2D eigenvalue weighted by atomic mass is 9.93. The normalized spacial score (nSPS) is 29.6. The van der Waals surface area contributed by atoms with E-state index >= 15 is 0 Å². The summed E-state index contributed by atoms with van der Waals surface area (Å²) in [6.45, 7) is 1.35. The van der Waals surface area contributed by atoms with Crippen molar-refractivity contribution in [1.82, 2.24) is 9.80 Å². The second-order valence-corrected chi connectivity index (χ2v) is 8.23. The molecule has 6 nitrogen and oxygen atoms in total. The monoisotopic (exact) mass is 388 g/mol. The van der Waals surface area contributed by atoms with Gasteiger partial charge in [-0.3, -0.25) is 9.59 Å². The highest BCUT2D eigenvalue weighted by Gasteiger charge is 2.50. The highest BCUT2D eigenvalue weighted by molar-refractivity contribution is 5.95. The fourth-order valence-corrected chi connectivity index (χ4v) is 5.22. The molecular weight excluding hydrogens is 363 g/mol. The molecule has 1 aromatic rings. The average molecular weight is 388 g/mol. The first-order valence-electron chi connectivity index (χ1n) is 10.0. The topological polar surface area (TPSA) is 77.9 Å². The van der Waals surface area contributed by atoms with Crippen LogP contribution in [0.2, 0.25) is 0 Å². The summed E-state index contributed by atoms with van der Waals surface area (Å²) in [6, 6.07) is 4.67. The zero-order valence-electron chi connectivity index (χ0n) is 15.7. The van der Waals surface area contributed by atoms with Crippen molar-refractivity contribution in [3.8, 4) is 0 Å². The lowest BCUT2D eigenvalue weighted by Gasteiger charge is -2.35. The van der Waals surface area contributed by atoms with Gasteiger partial charge in [0, 0.05) is 25.2 Å². The Morgan fingerprint density at radius 2 is 1.75 bits per heavy atom. The maximum Gasteiger partial charge on any atom is 0.326 e. The van der Waals surface area contributed by atoms with E-state index in [0.717, 1.165) is 19.3 Å². The van der Waals surface area contributed by atoms with E-state index < -0.39 is 17.8 Å². The third-order valence-corrected chi connectivity index (χ3v) is 6.58. The molecule has 1 N–H and O–H groups in total. The van der Waals surface area contributed by atoms with Gasteiger partial charge in [-0.2, -0.15) is 0 Å². The number of carboxylic acid groups (broad SMARTS) is 1. The van der Waals surface area contributed by atoms with E-state index in [9.17, 15) is 23.9 Å². The number of halogens is 1. The van der Waals surface area contributed by atoms with Gasteiger partial charge in [-0.05, 0) is 61.8 Å². The van der Waals surface area contributed by atoms with Gasteiger partial charge in [-0.15, -0.1) is 0 Å². The van der Waals surface area contributed by atoms with Crippen molar-refractivity contribution in [1.29, 1.82) is 0 Å². The third kappa shape index (κ3) is 3.38. The number of carboxylic acids is 1. The van der Waals surface area contributed by atoms with Crippen LogP contribution in [0.4, 0.5) is 4.39 Å². The van der Waals surface area contributed by atoms with Crippen molar-refractivity contribution >= 4 is 17.8 Å². The Morgan fingerprint density at radius 1 is 1.00 bits per heavy atom. The van der Waals surface area contributed by atoms with Crippen LogP contribution in [0.5, 0.6) is 0 Å². The van der Waals surface area contributed by atoms with Gasteiger partial charge in [0.2, 0.25) is 5.91 Å². The second kappa shape index (κ2) is 7.53. The standard InChI is InChI=1S/C21H25FN2O4/c22-16-8-6-13(7-9-16)19(25)23-10-2-4-15(11-23)20(26)24-12-14-3-1-5-17(14)18(24)21(27)28/h6-9,14-15,17-18H,1-5,10-12H2,(H,27,28). The smallest absolute Gasteiger partial charge is 0.326 e. The molecule has 2 aliphatic heterocycles. The first-order valence-corrected chi connectivity index (χ1v) is 10.0. The molecule has 0 bridgehead atoms. The predicted octanol–water partition coefficient (Wildman–Crippen LogP) is 2.39. The van der Waals surface area contributed by atoms with Crippen molar-refractivity contribution in [2.24, 2.45) is 17.8 Å². The van der Waals surface area contributed by atoms with E-state index in [4.69, 9.17) is 0 Å². The van der Waals surface area contributed by atoms with E-state index in [2.05, 4.69) is 0 Å². The molecule has 2 saturated heterocycles. The molecule has 4 unspecified atom stereocenters. The summed E-state index contributed by atoms with van der Waals surface area (Å²) in [4.78, 5) is 40.9. The molecule has 1 saturated carbocycles. The fraction of sp³-hybridized carbons (Fsp3) is 0.571. The number of carbonyl (C=O) groups excluding carboxylic acids is 2. The van der Waals surface area contributed by atoms with E-state index in [1.807, 2.05) is 0 Å². The molecule has 0 aromatic heterocycles. The molecule has 28 heavy (non-hydrogen) atoms. The minimum absolute atomic E-state index is 0.0574. The van der Waals surface area contributed by atoms with E-state index in [0.29, 0.717) is 31.5 Å². The predicted molar refractivity (Wildman–Crippen MR) is 99.0 cm³/mol. The molecule has 4 atom stereocenters. The molecule has 0 spiro atoms. The van der Waals surface area contributed by atoms with Gasteiger partial charge in [-0.1, -0.05) is 6.42 Å². The molecule has 7 heteroatoms. The maximum absolute atomic E-state index is 13.2.